The maximum atomic E-state index is 12.8. The van der Waals surface area contributed by atoms with Crippen LogP contribution in [0.25, 0.3) is 11.0 Å². The lowest BCUT2D eigenvalue weighted by atomic mass is 9.98. The topological polar surface area (TPSA) is 106 Å². The Morgan fingerprint density at radius 2 is 1.71 bits per heavy atom. The van der Waals surface area contributed by atoms with E-state index in [9.17, 15) is 19.5 Å². The van der Waals surface area contributed by atoms with Crippen molar-refractivity contribution in [1.29, 1.82) is 0 Å². The third kappa shape index (κ3) is 5.65. The van der Waals surface area contributed by atoms with Crippen LogP contribution < -0.4 is 15.7 Å². The molecule has 2 unspecified atom stereocenters. The van der Waals surface area contributed by atoms with Crippen molar-refractivity contribution >= 4 is 22.8 Å². The number of amides is 1. The third-order valence-electron chi connectivity index (χ3n) is 5.87. The summed E-state index contributed by atoms with van der Waals surface area (Å²) >= 11 is 0. The van der Waals surface area contributed by atoms with Crippen molar-refractivity contribution in [1.82, 2.24) is 5.32 Å². The van der Waals surface area contributed by atoms with E-state index in [0.29, 0.717) is 35.3 Å². The number of carbonyl (C=O) groups is 2. The number of carbonyl (C=O) groups excluding carboxylic acids is 1. The van der Waals surface area contributed by atoms with Gasteiger partial charge in [-0.05, 0) is 56.4 Å². The van der Waals surface area contributed by atoms with E-state index in [1.165, 1.54) is 0 Å². The van der Waals surface area contributed by atoms with Gasteiger partial charge in [0.15, 0.2) is 6.10 Å². The number of aryl methyl sites for hydroxylation is 2. The second kappa shape index (κ2) is 10.5. The summed E-state index contributed by atoms with van der Waals surface area (Å²) in [5.41, 5.74) is 3.06. The minimum absolute atomic E-state index is 0.110. The molecule has 0 aliphatic heterocycles. The molecular weight excluding hydrogens is 434 g/mol. The molecule has 0 fully saturated rings. The standard InChI is InChI=1S/C27H31NO6/c1-15(2)13-22(26(30)31)28-25(29)18(5)33-23-12-11-20-16(3)21(14-19-9-7-6-8-10-19)27(32)34-24(20)17(23)4/h6-12,15,18,22H,13-14H2,1-5H3,(H,28,29)(H,30,31). The summed E-state index contributed by atoms with van der Waals surface area (Å²) in [5, 5.41) is 12.7. The zero-order valence-corrected chi connectivity index (χ0v) is 20.2. The molecule has 0 aliphatic carbocycles. The number of benzene rings is 2. The smallest absolute Gasteiger partial charge is 0.340 e. The fourth-order valence-corrected chi connectivity index (χ4v) is 3.93. The van der Waals surface area contributed by atoms with Gasteiger partial charge >= 0.3 is 11.6 Å². The Bertz CT molecular complexity index is 1250. The van der Waals surface area contributed by atoms with Crippen LogP contribution in [0.3, 0.4) is 0 Å². The lowest BCUT2D eigenvalue weighted by molar-refractivity contribution is -0.143. The minimum atomic E-state index is -1.08. The Labute approximate surface area is 198 Å². The number of rotatable bonds is 9. The second-order valence-electron chi connectivity index (χ2n) is 9.01. The zero-order valence-electron chi connectivity index (χ0n) is 20.2. The Kier molecular flexibility index (Phi) is 7.76. The fourth-order valence-electron chi connectivity index (χ4n) is 3.93. The van der Waals surface area contributed by atoms with Crippen molar-refractivity contribution in [2.75, 3.05) is 0 Å². The Hall–Kier alpha value is -3.61. The number of nitrogens with one attached hydrogen (secondary N) is 1. The van der Waals surface area contributed by atoms with Crippen LogP contribution in [-0.4, -0.2) is 29.1 Å². The summed E-state index contributed by atoms with van der Waals surface area (Å²) in [6, 6.07) is 12.3. The van der Waals surface area contributed by atoms with E-state index in [-0.39, 0.29) is 5.92 Å². The van der Waals surface area contributed by atoms with E-state index in [2.05, 4.69) is 5.32 Å². The molecule has 3 rings (SSSR count). The molecule has 7 heteroatoms. The highest BCUT2D eigenvalue weighted by Crippen LogP contribution is 2.30. The third-order valence-corrected chi connectivity index (χ3v) is 5.87. The highest BCUT2D eigenvalue weighted by Gasteiger charge is 2.25. The Morgan fingerprint density at radius 1 is 1.03 bits per heavy atom. The lowest BCUT2D eigenvalue weighted by Crippen LogP contribution is -2.46. The molecule has 1 amide bonds. The molecule has 7 nitrogen and oxygen atoms in total. The largest absolute Gasteiger partial charge is 0.480 e. The first-order valence-electron chi connectivity index (χ1n) is 11.4. The zero-order chi connectivity index (χ0) is 25.0. The molecule has 0 saturated heterocycles. The second-order valence-corrected chi connectivity index (χ2v) is 9.01. The van der Waals surface area contributed by atoms with E-state index < -0.39 is 29.6 Å². The molecular formula is C27H31NO6. The monoisotopic (exact) mass is 465 g/mol. The minimum Gasteiger partial charge on any atom is -0.480 e. The van der Waals surface area contributed by atoms with Gasteiger partial charge < -0.3 is 19.6 Å². The number of fused-ring (bicyclic) bond motifs is 1. The highest BCUT2D eigenvalue weighted by molar-refractivity contribution is 5.87. The SMILES string of the molecule is Cc1c(Cc2ccccc2)c(=O)oc2c(C)c(OC(C)C(=O)NC(CC(C)C)C(=O)O)ccc12. The number of aliphatic carboxylic acids is 1. The number of hydrogen-bond acceptors (Lipinski definition) is 5. The molecule has 1 heterocycles. The van der Waals surface area contributed by atoms with Crippen molar-refractivity contribution in [3.8, 4) is 5.75 Å². The molecule has 0 spiro atoms. The summed E-state index contributed by atoms with van der Waals surface area (Å²) in [5.74, 6) is -1.11. The average Bonchev–Trinajstić information content (AvgIpc) is 2.78. The van der Waals surface area contributed by atoms with Crippen molar-refractivity contribution in [3.63, 3.8) is 0 Å². The van der Waals surface area contributed by atoms with Gasteiger partial charge in [-0.3, -0.25) is 4.79 Å². The van der Waals surface area contributed by atoms with Crippen LogP contribution in [-0.2, 0) is 16.0 Å². The van der Waals surface area contributed by atoms with E-state index in [0.717, 1.165) is 16.5 Å². The van der Waals surface area contributed by atoms with Crippen molar-refractivity contribution in [3.05, 3.63) is 75.1 Å². The van der Waals surface area contributed by atoms with E-state index in [1.807, 2.05) is 57.2 Å². The molecule has 34 heavy (non-hydrogen) atoms. The molecule has 0 bridgehead atoms. The molecule has 3 aromatic rings. The first-order chi connectivity index (χ1) is 16.1. The van der Waals surface area contributed by atoms with E-state index in [1.54, 1.807) is 19.9 Å². The first-order valence-corrected chi connectivity index (χ1v) is 11.4. The number of hydrogen-bond donors (Lipinski definition) is 2. The number of carboxylic acid groups (broad SMARTS) is 1. The summed E-state index contributed by atoms with van der Waals surface area (Å²) in [4.78, 5) is 36.8. The van der Waals surface area contributed by atoms with Crippen LogP contribution in [0.15, 0.2) is 51.7 Å². The lowest BCUT2D eigenvalue weighted by Gasteiger charge is -2.21. The molecule has 0 radical (unpaired) electrons. The van der Waals surface area contributed by atoms with Crippen LogP contribution in [0.2, 0.25) is 0 Å². The van der Waals surface area contributed by atoms with Gasteiger partial charge in [0.1, 0.15) is 17.4 Å². The van der Waals surface area contributed by atoms with Crippen LogP contribution in [0.4, 0.5) is 0 Å². The summed E-state index contributed by atoms with van der Waals surface area (Å²) in [7, 11) is 0. The fraction of sp³-hybridized carbons (Fsp3) is 0.370. The van der Waals surface area contributed by atoms with E-state index in [4.69, 9.17) is 9.15 Å². The van der Waals surface area contributed by atoms with Gasteiger partial charge in [0.2, 0.25) is 0 Å². The van der Waals surface area contributed by atoms with Crippen molar-refractivity contribution in [2.45, 2.75) is 59.6 Å². The average molecular weight is 466 g/mol. The van der Waals surface area contributed by atoms with Crippen molar-refractivity contribution in [2.24, 2.45) is 5.92 Å². The van der Waals surface area contributed by atoms with Gasteiger partial charge in [-0.1, -0.05) is 44.2 Å². The predicted molar refractivity (Wildman–Crippen MR) is 130 cm³/mol. The normalized spacial score (nSPS) is 13.0. The quantitative estimate of drug-likeness (QED) is 0.454. The van der Waals surface area contributed by atoms with Gasteiger partial charge in [0.25, 0.3) is 5.91 Å². The van der Waals surface area contributed by atoms with Crippen molar-refractivity contribution < 1.29 is 23.8 Å². The maximum absolute atomic E-state index is 12.8. The molecule has 2 N–H and O–H groups in total. The van der Waals surface area contributed by atoms with Gasteiger partial charge in [0, 0.05) is 22.9 Å². The van der Waals surface area contributed by atoms with Crippen LogP contribution in [0.5, 0.6) is 5.75 Å². The highest BCUT2D eigenvalue weighted by atomic mass is 16.5. The van der Waals surface area contributed by atoms with Crippen LogP contribution >= 0.6 is 0 Å². The molecule has 180 valence electrons. The number of ether oxygens (including phenoxy) is 1. The molecule has 2 aromatic carbocycles. The first kappa shape index (κ1) is 25.0. The Morgan fingerprint density at radius 3 is 2.32 bits per heavy atom. The number of carboxylic acids is 1. The van der Waals surface area contributed by atoms with Gasteiger partial charge in [-0.15, -0.1) is 0 Å². The van der Waals surface area contributed by atoms with Gasteiger partial charge in [0.05, 0.1) is 0 Å². The molecule has 1 aromatic heterocycles. The maximum Gasteiger partial charge on any atom is 0.340 e. The Balaban J connectivity index is 1.85. The summed E-state index contributed by atoms with van der Waals surface area (Å²) < 4.78 is 11.5. The predicted octanol–water partition coefficient (Wildman–Crippen LogP) is 4.38. The summed E-state index contributed by atoms with van der Waals surface area (Å²) in [6.07, 6.45) is -0.144. The van der Waals surface area contributed by atoms with Crippen LogP contribution in [0.1, 0.15) is 49.4 Å². The molecule has 0 aliphatic rings. The van der Waals surface area contributed by atoms with E-state index >= 15 is 0 Å². The molecule has 2 atom stereocenters. The molecule has 0 saturated carbocycles. The summed E-state index contributed by atoms with van der Waals surface area (Å²) in [6.45, 7) is 9.00. The van der Waals surface area contributed by atoms with Crippen LogP contribution in [0, 0.1) is 19.8 Å². The van der Waals surface area contributed by atoms with Gasteiger partial charge in [-0.25, -0.2) is 9.59 Å². The van der Waals surface area contributed by atoms with Gasteiger partial charge in [-0.2, -0.15) is 0 Å².